The first kappa shape index (κ1) is 26.7. The van der Waals surface area contributed by atoms with Crippen molar-refractivity contribution < 1.29 is 14.3 Å². The van der Waals surface area contributed by atoms with Gasteiger partial charge >= 0.3 is 6.09 Å². The number of ether oxygens (including phenoxy) is 2. The predicted octanol–water partition coefficient (Wildman–Crippen LogP) is 5.88. The minimum absolute atomic E-state index is 0.126. The molecule has 0 radical (unpaired) electrons. The molecule has 1 aliphatic heterocycles. The zero-order valence-electron chi connectivity index (χ0n) is 22.9. The fourth-order valence-corrected chi connectivity index (χ4v) is 5.13. The van der Waals surface area contributed by atoms with Gasteiger partial charge in [-0.2, -0.15) is 5.10 Å². The Morgan fingerprint density at radius 3 is 2.61 bits per heavy atom. The number of nitrogens with two attached hydrogens (primary N) is 1. The second-order valence-electron chi connectivity index (χ2n) is 11.0. The van der Waals surface area contributed by atoms with E-state index < -0.39 is 5.60 Å². The van der Waals surface area contributed by atoms with E-state index in [9.17, 15) is 4.79 Å². The van der Waals surface area contributed by atoms with Gasteiger partial charge in [-0.3, -0.25) is 4.98 Å². The molecule has 0 saturated carbocycles. The lowest BCUT2D eigenvalue weighted by molar-refractivity contribution is 0.0204. The van der Waals surface area contributed by atoms with Gasteiger partial charge in [0.2, 0.25) is 0 Å². The molecule has 11 nitrogen and oxygen atoms in total. The number of pyridine rings is 2. The van der Waals surface area contributed by atoms with Gasteiger partial charge in [0.15, 0.2) is 5.65 Å². The maximum Gasteiger partial charge on any atom is 0.410 e. The lowest BCUT2D eigenvalue weighted by Gasteiger charge is -2.33. The first-order valence-electron chi connectivity index (χ1n) is 13.3. The third-order valence-corrected chi connectivity index (χ3v) is 7.22. The highest BCUT2D eigenvalue weighted by molar-refractivity contribution is 6.32. The number of nitrogens with zero attached hydrogens (tertiary/aromatic N) is 7. The monoisotopic (exact) mass is 572 g/mol. The standard InChI is InChI=1S/C29H29ClN8O3/c1-29(2,3)41-28(39)37-9-6-17(7-10-37)22-14-20-26(33-15-34-27(20)31)25(36-22)18-4-5-23(21(30)12-18)40-19-8-11-38-24(13-19)32-16-35-38/h4-5,8,11-17H,6-7,9-10H2,1-3H3,(H2,31,33,34). The summed E-state index contributed by atoms with van der Waals surface area (Å²) in [6.45, 7) is 6.76. The lowest BCUT2D eigenvalue weighted by Crippen LogP contribution is -2.41. The van der Waals surface area contributed by atoms with Crippen LogP contribution in [-0.2, 0) is 4.74 Å². The minimum atomic E-state index is -0.535. The van der Waals surface area contributed by atoms with Gasteiger partial charge in [0.25, 0.3) is 0 Å². The number of carbonyl (C=O) groups is 1. The van der Waals surface area contributed by atoms with Gasteiger partial charge in [0, 0.05) is 47.9 Å². The maximum absolute atomic E-state index is 12.6. The van der Waals surface area contributed by atoms with Crippen molar-refractivity contribution in [3.05, 3.63) is 66.0 Å². The van der Waals surface area contributed by atoms with Crippen molar-refractivity contribution in [1.29, 1.82) is 0 Å². The zero-order chi connectivity index (χ0) is 28.7. The summed E-state index contributed by atoms with van der Waals surface area (Å²) in [7, 11) is 0. The van der Waals surface area contributed by atoms with Gasteiger partial charge < -0.3 is 20.1 Å². The largest absolute Gasteiger partial charge is 0.456 e. The molecule has 0 atom stereocenters. The quantitative estimate of drug-likeness (QED) is 0.280. The number of rotatable bonds is 4. The molecule has 0 spiro atoms. The van der Waals surface area contributed by atoms with Gasteiger partial charge in [-0.1, -0.05) is 11.6 Å². The number of piperidine rings is 1. The summed E-state index contributed by atoms with van der Waals surface area (Å²) in [6.07, 6.45) is 5.88. The van der Waals surface area contributed by atoms with Crippen LogP contribution in [0.2, 0.25) is 5.02 Å². The van der Waals surface area contributed by atoms with Crippen LogP contribution in [0.25, 0.3) is 27.8 Å². The zero-order valence-corrected chi connectivity index (χ0v) is 23.7. The molecule has 12 heteroatoms. The van der Waals surface area contributed by atoms with Crippen LogP contribution in [0.1, 0.15) is 45.2 Å². The second kappa shape index (κ2) is 10.5. The summed E-state index contributed by atoms with van der Waals surface area (Å²) in [4.78, 5) is 32.3. The number of fused-ring (bicyclic) bond motifs is 2. The fraction of sp³-hybridized carbons (Fsp3) is 0.310. The first-order valence-corrected chi connectivity index (χ1v) is 13.7. The molecule has 1 saturated heterocycles. The Balaban J connectivity index is 1.29. The normalized spacial score (nSPS) is 14.5. The molecule has 5 heterocycles. The number of likely N-dealkylation sites (tertiary alicyclic amines) is 1. The molecule has 2 N–H and O–H groups in total. The van der Waals surface area contributed by atoms with Crippen molar-refractivity contribution in [1.82, 2.24) is 34.4 Å². The van der Waals surface area contributed by atoms with Crippen molar-refractivity contribution in [2.75, 3.05) is 18.8 Å². The molecule has 1 aromatic carbocycles. The van der Waals surface area contributed by atoms with Crippen LogP contribution in [0.3, 0.4) is 0 Å². The second-order valence-corrected chi connectivity index (χ2v) is 11.4. The smallest absolute Gasteiger partial charge is 0.410 e. The van der Waals surface area contributed by atoms with E-state index in [0.717, 1.165) is 29.5 Å². The summed E-state index contributed by atoms with van der Waals surface area (Å²) >= 11 is 6.70. The predicted molar refractivity (Wildman–Crippen MR) is 155 cm³/mol. The van der Waals surface area contributed by atoms with Crippen LogP contribution in [0, 0.1) is 0 Å². The molecule has 0 bridgehead atoms. The SMILES string of the molecule is CC(C)(C)OC(=O)N1CCC(c2cc3c(N)ncnc3c(-c3ccc(Oc4ccn5ncnc5c4)c(Cl)c3)n2)CC1. The first-order chi connectivity index (χ1) is 19.6. The van der Waals surface area contributed by atoms with Crippen molar-refractivity contribution in [3.63, 3.8) is 0 Å². The number of hydrogen-bond donors (Lipinski definition) is 1. The summed E-state index contributed by atoms with van der Waals surface area (Å²) in [5.74, 6) is 1.58. The molecule has 41 heavy (non-hydrogen) atoms. The number of benzene rings is 1. The van der Waals surface area contributed by atoms with Gasteiger partial charge in [-0.15, -0.1) is 0 Å². The maximum atomic E-state index is 12.6. The fourth-order valence-electron chi connectivity index (χ4n) is 4.92. The molecule has 5 aromatic rings. The van der Waals surface area contributed by atoms with E-state index in [2.05, 4.69) is 20.1 Å². The number of aromatic nitrogens is 6. The van der Waals surface area contributed by atoms with Crippen LogP contribution in [-0.4, -0.2) is 59.2 Å². The summed E-state index contributed by atoms with van der Waals surface area (Å²) in [5.41, 5.74) is 9.34. The number of carbonyl (C=O) groups excluding carboxylic acids is 1. The Kier molecular flexibility index (Phi) is 6.82. The summed E-state index contributed by atoms with van der Waals surface area (Å²) in [5, 5.41) is 5.24. The van der Waals surface area contributed by atoms with Crippen LogP contribution in [0.5, 0.6) is 11.5 Å². The summed E-state index contributed by atoms with van der Waals surface area (Å²) < 4.78 is 13.2. The Hall–Kier alpha value is -4.51. The third kappa shape index (κ3) is 5.58. The van der Waals surface area contributed by atoms with E-state index in [-0.39, 0.29) is 12.0 Å². The van der Waals surface area contributed by atoms with Gasteiger partial charge in [-0.25, -0.2) is 24.3 Å². The Morgan fingerprint density at radius 1 is 1.05 bits per heavy atom. The van der Waals surface area contributed by atoms with Crippen LogP contribution in [0.4, 0.5) is 10.6 Å². The van der Waals surface area contributed by atoms with Gasteiger partial charge in [0.1, 0.15) is 41.1 Å². The van der Waals surface area contributed by atoms with Crippen molar-refractivity contribution >= 4 is 40.1 Å². The van der Waals surface area contributed by atoms with E-state index in [0.29, 0.717) is 52.3 Å². The van der Waals surface area contributed by atoms with E-state index in [1.165, 1.54) is 12.7 Å². The van der Waals surface area contributed by atoms with E-state index in [1.54, 1.807) is 39.9 Å². The molecule has 1 aliphatic rings. The van der Waals surface area contributed by atoms with Crippen LogP contribution in [0.15, 0.2) is 55.2 Å². The highest BCUT2D eigenvalue weighted by Gasteiger charge is 2.29. The van der Waals surface area contributed by atoms with Crippen LogP contribution < -0.4 is 10.5 Å². The topological polar surface area (TPSA) is 134 Å². The summed E-state index contributed by atoms with van der Waals surface area (Å²) in [6, 6.07) is 11.0. The number of anilines is 1. The van der Waals surface area contributed by atoms with Gasteiger partial charge in [-0.05, 0) is 63.9 Å². The Morgan fingerprint density at radius 2 is 1.85 bits per heavy atom. The lowest BCUT2D eigenvalue weighted by atomic mass is 9.92. The molecule has 210 valence electrons. The highest BCUT2D eigenvalue weighted by Crippen LogP contribution is 2.38. The number of halogens is 1. The number of hydrogen-bond acceptors (Lipinski definition) is 9. The Bertz CT molecular complexity index is 1760. The van der Waals surface area contributed by atoms with Crippen molar-refractivity contribution in [2.45, 2.75) is 45.1 Å². The molecule has 6 rings (SSSR count). The van der Waals surface area contributed by atoms with Crippen molar-refractivity contribution in [2.24, 2.45) is 0 Å². The molecule has 0 unspecified atom stereocenters. The molecule has 4 aromatic heterocycles. The third-order valence-electron chi connectivity index (χ3n) is 6.92. The van der Waals surface area contributed by atoms with E-state index in [1.807, 2.05) is 32.9 Å². The molecule has 1 fully saturated rings. The average molecular weight is 573 g/mol. The number of amides is 1. The minimum Gasteiger partial charge on any atom is -0.456 e. The van der Waals surface area contributed by atoms with E-state index >= 15 is 0 Å². The van der Waals surface area contributed by atoms with Crippen molar-refractivity contribution in [3.8, 4) is 22.8 Å². The van der Waals surface area contributed by atoms with E-state index in [4.69, 9.17) is 31.8 Å². The highest BCUT2D eigenvalue weighted by atomic mass is 35.5. The molecular formula is C29H29ClN8O3. The average Bonchev–Trinajstić information content (AvgIpc) is 3.41. The Labute approximate surface area is 241 Å². The van der Waals surface area contributed by atoms with Gasteiger partial charge in [0.05, 0.1) is 10.7 Å². The number of nitrogen functional groups attached to an aromatic ring is 1. The molecular weight excluding hydrogens is 544 g/mol. The molecule has 1 amide bonds. The molecule has 0 aliphatic carbocycles. The van der Waals surface area contributed by atoms with Crippen LogP contribution >= 0.6 is 11.6 Å².